The molecule has 1 spiro atoms. The molecule has 2 aromatic rings. The number of carbonyl (C=O) groups is 1. The second-order valence-electron chi connectivity index (χ2n) is 12.1. The molecule has 30 heavy (non-hydrogen) atoms. The minimum Gasteiger partial charge on any atom is -0.364 e. The molecule has 1 unspecified atom stereocenters. The predicted octanol–water partition coefficient (Wildman–Crippen LogP) is 5.99. The van der Waals surface area contributed by atoms with Gasteiger partial charge in [-0.05, 0) is 85.2 Å². The third-order valence-corrected chi connectivity index (χ3v) is 6.64. The Balaban J connectivity index is 2.02. The molecule has 1 atom stereocenters. The number of anilines is 1. The summed E-state index contributed by atoms with van der Waals surface area (Å²) in [4.78, 5) is 20.6. The molecule has 4 heteroatoms. The minimum absolute atomic E-state index is 0.0392. The summed E-state index contributed by atoms with van der Waals surface area (Å²) in [5.74, 6) is 0. The van der Waals surface area contributed by atoms with Crippen LogP contribution in [0.1, 0.15) is 67.9 Å². The number of benzene rings is 2. The number of hydrogen-bond acceptors (Lipinski definition) is 2. The van der Waals surface area contributed by atoms with Crippen LogP contribution in [0.4, 0.5) is 10.5 Å². The van der Waals surface area contributed by atoms with E-state index in [9.17, 15) is 4.79 Å². The molecule has 2 heterocycles. The van der Waals surface area contributed by atoms with Crippen LogP contribution in [0.15, 0.2) is 36.4 Å². The highest BCUT2D eigenvalue weighted by Crippen LogP contribution is 2.53. The maximum atomic E-state index is 13.8. The van der Waals surface area contributed by atoms with E-state index in [-0.39, 0.29) is 28.2 Å². The highest BCUT2D eigenvalue weighted by Gasteiger charge is 2.61. The first-order valence-electron chi connectivity index (χ1n) is 11.1. The maximum Gasteiger partial charge on any atom is 0.321 e. The van der Waals surface area contributed by atoms with E-state index in [0.29, 0.717) is 6.54 Å². The number of nitrogens with zero attached hydrogens (tertiary/aromatic N) is 3. The molecule has 4 rings (SSSR count). The molecular formula is C26H37N3O. The number of hydrogen-bond donors (Lipinski definition) is 0. The SMILES string of the molecule is CC(C)(C)N1CC2(CN(C(C)(C)C)c3cc4ccccc4cc32)N(C(C)(C)C)C1=O. The van der Waals surface area contributed by atoms with Crippen LogP contribution in [0.2, 0.25) is 0 Å². The van der Waals surface area contributed by atoms with Crippen molar-refractivity contribution in [1.29, 1.82) is 0 Å². The smallest absolute Gasteiger partial charge is 0.321 e. The Morgan fingerprint density at radius 3 is 1.73 bits per heavy atom. The summed E-state index contributed by atoms with van der Waals surface area (Å²) >= 11 is 0. The number of rotatable bonds is 0. The van der Waals surface area contributed by atoms with Crippen LogP contribution in [-0.2, 0) is 5.54 Å². The van der Waals surface area contributed by atoms with Gasteiger partial charge >= 0.3 is 6.03 Å². The first-order chi connectivity index (χ1) is 13.7. The van der Waals surface area contributed by atoms with Gasteiger partial charge in [0.1, 0.15) is 5.54 Å². The second-order valence-corrected chi connectivity index (χ2v) is 12.1. The van der Waals surface area contributed by atoms with Crippen LogP contribution >= 0.6 is 0 Å². The average Bonchev–Trinajstić information content (AvgIpc) is 3.07. The molecule has 2 aliphatic rings. The normalized spacial score (nSPS) is 22.6. The van der Waals surface area contributed by atoms with Crippen LogP contribution in [0.25, 0.3) is 10.8 Å². The summed E-state index contributed by atoms with van der Waals surface area (Å²) in [6.07, 6.45) is 0. The van der Waals surface area contributed by atoms with Gasteiger partial charge in [-0.3, -0.25) is 0 Å². The molecule has 0 aromatic heterocycles. The van der Waals surface area contributed by atoms with Crippen LogP contribution < -0.4 is 4.90 Å². The standard InChI is InChI=1S/C26H37N3O/c1-23(2,3)27-16-26(20-14-18-12-10-11-13-19(18)15-21(20)27)17-28(24(4,5)6)22(30)29(26)25(7,8)9/h10-15H,16-17H2,1-9H3. The minimum atomic E-state index is -0.366. The lowest BCUT2D eigenvalue weighted by Crippen LogP contribution is -2.57. The third kappa shape index (κ3) is 2.99. The molecule has 0 bridgehead atoms. The highest BCUT2D eigenvalue weighted by molar-refractivity contribution is 5.91. The molecule has 0 N–H and O–H groups in total. The summed E-state index contributed by atoms with van der Waals surface area (Å²) in [5, 5.41) is 2.49. The molecule has 0 radical (unpaired) electrons. The fourth-order valence-corrected chi connectivity index (χ4v) is 5.34. The fraction of sp³-hybridized carbons (Fsp3) is 0.577. The van der Waals surface area contributed by atoms with E-state index >= 15 is 0 Å². The number of carbonyl (C=O) groups excluding carboxylic acids is 1. The van der Waals surface area contributed by atoms with Gasteiger partial charge in [0.05, 0.1) is 6.54 Å². The van der Waals surface area contributed by atoms with Crippen LogP contribution in [-0.4, -0.2) is 45.5 Å². The van der Waals surface area contributed by atoms with E-state index < -0.39 is 0 Å². The Labute approximate surface area is 181 Å². The summed E-state index contributed by atoms with van der Waals surface area (Å²) < 4.78 is 0. The van der Waals surface area contributed by atoms with Crippen molar-refractivity contribution in [3.05, 3.63) is 42.0 Å². The van der Waals surface area contributed by atoms with E-state index in [0.717, 1.165) is 6.54 Å². The van der Waals surface area contributed by atoms with Crippen LogP contribution in [0, 0.1) is 0 Å². The van der Waals surface area contributed by atoms with E-state index in [1.807, 2.05) is 0 Å². The molecule has 4 nitrogen and oxygen atoms in total. The molecule has 0 saturated carbocycles. The zero-order valence-electron chi connectivity index (χ0n) is 20.1. The van der Waals surface area contributed by atoms with E-state index in [4.69, 9.17) is 0 Å². The molecule has 2 aromatic carbocycles. The Bertz CT molecular complexity index is 1010. The van der Waals surface area contributed by atoms with Gasteiger partial charge in [0, 0.05) is 34.4 Å². The topological polar surface area (TPSA) is 26.8 Å². The monoisotopic (exact) mass is 407 g/mol. The predicted molar refractivity (Wildman–Crippen MR) is 126 cm³/mol. The number of urea groups is 1. The van der Waals surface area contributed by atoms with Crippen LogP contribution in [0.3, 0.4) is 0 Å². The van der Waals surface area contributed by atoms with Crippen molar-refractivity contribution in [1.82, 2.24) is 9.80 Å². The number of amides is 2. The van der Waals surface area contributed by atoms with Gasteiger partial charge in [0.15, 0.2) is 0 Å². The van der Waals surface area contributed by atoms with Gasteiger partial charge in [-0.1, -0.05) is 24.3 Å². The summed E-state index contributed by atoms with van der Waals surface area (Å²) in [7, 11) is 0. The quantitative estimate of drug-likeness (QED) is 0.536. The first kappa shape index (κ1) is 21.0. The Morgan fingerprint density at radius 2 is 1.23 bits per heavy atom. The van der Waals surface area contributed by atoms with Gasteiger partial charge < -0.3 is 14.7 Å². The van der Waals surface area contributed by atoms with Crippen molar-refractivity contribution >= 4 is 22.5 Å². The lowest BCUT2D eigenvalue weighted by Gasteiger charge is -2.44. The largest absolute Gasteiger partial charge is 0.364 e. The van der Waals surface area contributed by atoms with Gasteiger partial charge in [0.2, 0.25) is 0 Å². The molecule has 1 saturated heterocycles. The lowest BCUT2D eigenvalue weighted by molar-refractivity contribution is 0.0839. The molecule has 0 aliphatic carbocycles. The summed E-state index contributed by atoms with van der Waals surface area (Å²) in [6, 6.07) is 13.4. The van der Waals surface area contributed by atoms with E-state index in [1.165, 1.54) is 22.0 Å². The summed E-state index contributed by atoms with van der Waals surface area (Å²) in [5.41, 5.74) is 1.63. The van der Waals surface area contributed by atoms with Crippen molar-refractivity contribution < 1.29 is 4.79 Å². The molecule has 1 fully saturated rings. The Morgan fingerprint density at radius 1 is 0.733 bits per heavy atom. The van der Waals surface area contributed by atoms with E-state index in [2.05, 4.69) is 113 Å². The van der Waals surface area contributed by atoms with Gasteiger partial charge in [-0.25, -0.2) is 4.79 Å². The highest BCUT2D eigenvalue weighted by atomic mass is 16.2. The maximum absolute atomic E-state index is 13.8. The Hall–Kier alpha value is -2.23. The zero-order chi connectivity index (χ0) is 22.3. The van der Waals surface area contributed by atoms with Gasteiger partial charge in [-0.2, -0.15) is 0 Å². The third-order valence-electron chi connectivity index (χ3n) is 6.64. The van der Waals surface area contributed by atoms with Gasteiger partial charge in [0.25, 0.3) is 0 Å². The van der Waals surface area contributed by atoms with Crippen molar-refractivity contribution in [2.45, 2.75) is 84.5 Å². The fourth-order valence-electron chi connectivity index (χ4n) is 5.34. The average molecular weight is 408 g/mol. The van der Waals surface area contributed by atoms with Crippen LogP contribution in [0.5, 0.6) is 0 Å². The van der Waals surface area contributed by atoms with Crippen molar-refractivity contribution in [2.75, 3.05) is 18.0 Å². The summed E-state index contributed by atoms with van der Waals surface area (Å²) in [6.45, 7) is 21.3. The molecule has 2 aliphatic heterocycles. The second kappa shape index (κ2) is 6.15. The Kier molecular flexibility index (Phi) is 4.31. The lowest BCUT2D eigenvalue weighted by atomic mass is 9.86. The van der Waals surface area contributed by atoms with Crippen molar-refractivity contribution in [2.24, 2.45) is 0 Å². The zero-order valence-corrected chi connectivity index (χ0v) is 20.1. The molecular weight excluding hydrogens is 370 g/mol. The van der Waals surface area contributed by atoms with Crippen molar-refractivity contribution in [3.8, 4) is 0 Å². The van der Waals surface area contributed by atoms with Gasteiger partial charge in [-0.15, -0.1) is 0 Å². The molecule has 162 valence electrons. The van der Waals surface area contributed by atoms with E-state index in [1.54, 1.807) is 0 Å². The first-order valence-corrected chi connectivity index (χ1v) is 11.1. The van der Waals surface area contributed by atoms with Crippen molar-refractivity contribution in [3.63, 3.8) is 0 Å². The molecule has 2 amide bonds. The number of fused-ring (bicyclic) bond motifs is 3.